The summed E-state index contributed by atoms with van der Waals surface area (Å²) >= 11 is 7.39. The monoisotopic (exact) mass is 466 g/mol. The number of nitrogens with zero attached hydrogens (tertiary/aromatic N) is 3. The van der Waals surface area contributed by atoms with Crippen molar-refractivity contribution in [3.63, 3.8) is 0 Å². The minimum Gasteiger partial charge on any atom is -0.456 e. The molecule has 0 bridgehead atoms. The van der Waals surface area contributed by atoms with Crippen LogP contribution in [-0.2, 0) is 6.54 Å². The molecule has 8 nitrogen and oxygen atoms in total. The van der Waals surface area contributed by atoms with Crippen LogP contribution >= 0.6 is 22.9 Å². The van der Waals surface area contributed by atoms with E-state index in [1.165, 1.54) is 12.1 Å². The maximum Gasteiger partial charge on any atom is 0.282 e. The van der Waals surface area contributed by atoms with Gasteiger partial charge in [0.25, 0.3) is 11.6 Å². The molecular formula is C22H15ClN4O4S. The van der Waals surface area contributed by atoms with Crippen molar-refractivity contribution in [2.75, 3.05) is 0 Å². The molecule has 0 aliphatic heterocycles. The van der Waals surface area contributed by atoms with Crippen LogP contribution in [0.2, 0.25) is 0 Å². The van der Waals surface area contributed by atoms with Crippen LogP contribution in [-0.4, -0.2) is 21.0 Å². The van der Waals surface area contributed by atoms with Gasteiger partial charge in [-0.15, -0.1) is 10.2 Å². The van der Waals surface area contributed by atoms with Crippen LogP contribution in [0.25, 0.3) is 22.4 Å². The Hall–Kier alpha value is -3.82. The number of hydrogen-bond donors (Lipinski definition) is 1. The number of rotatable bonds is 7. The number of nitro groups is 1. The van der Waals surface area contributed by atoms with Gasteiger partial charge in [0.1, 0.15) is 11.5 Å². The molecular weight excluding hydrogens is 452 g/mol. The summed E-state index contributed by atoms with van der Waals surface area (Å²) in [5, 5.41) is 22.6. The molecule has 1 N–H and O–H groups in total. The lowest BCUT2D eigenvalue weighted by atomic mass is 10.1. The lowest BCUT2D eigenvalue weighted by Crippen LogP contribution is -2.22. The van der Waals surface area contributed by atoms with Crippen LogP contribution < -0.4 is 5.32 Å². The molecule has 1 amide bonds. The van der Waals surface area contributed by atoms with Crippen molar-refractivity contribution < 1.29 is 14.1 Å². The molecule has 2 aromatic carbocycles. The molecule has 0 spiro atoms. The maximum atomic E-state index is 12.3. The summed E-state index contributed by atoms with van der Waals surface area (Å²) in [4.78, 5) is 23.1. The van der Waals surface area contributed by atoms with Crippen LogP contribution in [0.1, 0.15) is 26.1 Å². The average molecular weight is 467 g/mol. The molecule has 0 radical (unpaired) electrons. The third-order valence-corrected chi connectivity index (χ3v) is 5.74. The van der Waals surface area contributed by atoms with Gasteiger partial charge in [0.05, 0.1) is 15.5 Å². The van der Waals surface area contributed by atoms with Gasteiger partial charge in [0, 0.05) is 18.7 Å². The SMILES string of the molecule is O=C(NCc1ccccc1)c1nnc(/C(Cl)=C/c2ccc(-c3ccccc3[N+](=O)[O-])o2)s1. The fraction of sp³-hybridized carbons (Fsp3) is 0.0455. The number of amides is 1. The first kappa shape index (κ1) is 21.4. The molecule has 0 saturated heterocycles. The van der Waals surface area contributed by atoms with Crippen LogP contribution in [0.5, 0.6) is 0 Å². The van der Waals surface area contributed by atoms with Gasteiger partial charge in [-0.25, -0.2) is 0 Å². The lowest BCUT2D eigenvalue weighted by molar-refractivity contribution is -0.384. The van der Waals surface area contributed by atoms with E-state index in [2.05, 4.69) is 15.5 Å². The summed E-state index contributed by atoms with van der Waals surface area (Å²) < 4.78 is 5.71. The number of furan rings is 1. The number of benzene rings is 2. The van der Waals surface area contributed by atoms with Gasteiger partial charge in [0.15, 0.2) is 5.01 Å². The number of nitrogens with one attached hydrogen (secondary N) is 1. The first-order valence-corrected chi connectivity index (χ1v) is 10.6. The van der Waals surface area contributed by atoms with E-state index in [4.69, 9.17) is 16.0 Å². The molecule has 2 aromatic heterocycles. The van der Waals surface area contributed by atoms with Crippen molar-refractivity contribution in [2.45, 2.75) is 6.54 Å². The number of nitro benzene ring substituents is 1. The quantitative estimate of drug-likeness (QED) is 0.289. The van der Waals surface area contributed by atoms with Gasteiger partial charge >= 0.3 is 0 Å². The van der Waals surface area contributed by atoms with Crippen LogP contribution in [0, 0.1) is 10.1 Å². The minimum atomic E-state index is -0.466. The Bertz CT molecular complexity index is 1300. The van der Waals surface area contributed by atoms with Gasteiger partial charge in [0.2, 0.25) is 5.01 Å². The predicted octanol–water partition coefficient (Wildman–Crippen LogP) is 5.37. The summed E-state index contributed by atoms with van der Waals surface area (Å²) in [5.74, 6) is 0.374. The van der Waals surface area contributed by atoms with Crippen molar-refractivity contribution >= 4 is 45.6 Å². The van der Waals surface area contributed by atoms with E-state index in [1.807, 2.05) is 30.3 Å². The summed E-state index contributed by atoms with van der Waals surface area (Å²) in [6, 6.07) is 19.1. The number of hydrogen-bond acceptors (Lipinski definition) is 7. The van der Waals surface area contributed by atoms with E-state index >= 15 is 0 Å². The Morgan fingerprint density at radius 1 is 1.06 bits per heavy atom. The molecule has 32 heavy (non-hydrogen) atoms. The largest absolute Gasteiger partial charge is 0.456 e. The lowest BCUT2D eigenvalue weighted by Gasteiger charge is -2.02. The van der Waals surface area contributed by atoms with Crippen LogP contribution in [0.15, 0.2) is 71.1 Å². The van der Waals surface area contributed by atoms with E-state index in [0.717, 1.165) is 16.9 Å². The number of carbonyl (C=O) groups excluding carboxylic acids is 1. The number of halogens is 1. The molecule has 160 valence electrons. The number of aromatic nitrogens is 2. The second-order valence-electron chi connectivity index (χ2n) is 6.55. The van der Waals surface area contributed by atoms with Crippen molar-refractivity contribution in [3.05, 3.63) is 98.2 Å². The summed E-state index contributed by atoms with van der Waals surface area (Å²) in [5.41, 5.74) is 1.27. The normalized spacial score (nSPS) is 11.3. The minimum absolute atomic E-state index is 0.0567. The Balaban J connectivity index is 1.47. The zero-order chi connectivity index (χ0) is 22.5. The summed E-state index contributed by atoms with van der Waals surface area (Å²) in [6.07, 6.45) is 1.52. The van der Waals surface area contributed by atoms with Gasteiger partial charge in [-0.1, -0.05) is 65.4 Å². The van der Waals surface area contributed by atoms with Crippen molar-refractivity contribution in [1.29, 1.82) is 0 Å². The molecule has 0 atom stereocenters. The zero-order valence-corrected chi connectivity index (χ0v) is 18.0. The number of para-hydroxylation sites is 1. The third-order valence-electron chi connectivity index (χ3n) is 4.38. The molecule has 0 aliphatic carbocycles. The Morgan fingerprint density at radius 3 is 2.56 bits per heavy atom. The van der Waals surface area contributed by atoms with Crippen molar-refractivity contribution in [1.82, 2.24) is 15.5 Å². The highest BCUT2D eigenvalue weighted by atomic mass is 35.5. The van der Waals surface area contributed by atoms with Gasteiger partial charge in [-0.3, -0.25) is 14.9 Å². The second kappa shape index (κ2) is 9.54. The highest BCUT2D eigenvalue weighted by molar-refractivity contribution is 7.15. The van der Waals surface area contributed by atoms with E-state index in [0.29, 0.717) is 28.6 Å². The number of carbonyl (C=O) groups is 1. The molecule has 0 unspecified atom stereocenters. The fourth-order valence-corrected chi connectivity index (χ4v) is 3.80. The average Bonchev–Trinajstić information content (AvgIpc) is 3.48. The molecule has 0 saturated carbocycles. The molecule has 10 heteroatoms. The van der Waals surface area contributed by atoms with Gasteiger partial charge in [-0.2, -0.15) is 0 Å². The smallest absolute Gasteiger partial charge is 0.282 e. The van der Waals surface area contributed by atoms with Gasteiger partial charge in [-0.05, 0) is 23.8 Å². The second-order valence-corrected chi connectivity index (χ2v) is 7.93. The highest BCUT2D eigenvalue weighted by Crippen LogP contribution is 2.32. The molecule has 2 heterocycles. The first-order chi connectivity index (χ1) is 15.5. The van der Waals surface area contributed by atoms with Crippen molar-refractivity contribution in [3.8, 4) is 11.3 Å². The van der Waals surface area contributed by atoms with E-state index in [1.54, 1.807) is 30.3 Å². The van der Waals surface area contributed by atoms with Crippen LogP contribution in [0.4, 0.5) is 5.69 Å². The Morgan fingerprint density at radius 2 is 1.78 bits per heavy atom. The van der Waals surface area contributed by atoms with Crippen LogP contribution in [0.3, 0.4) is 0 Å². The third kappa shape index (κ3) is 4.90. The zero-order valence-electron chi connectivity index (χ0n) is 16.4. The van der Waals surface area contributed by atoms with E-state index in [-0.39, 0.29) is 21.6 Å². The van der Waals surface area contributed by atoms with E-state index in [9.17, 15) is 14.9 Å². The van der Waals surface area contributed by atoms with Gasteiger partial charge < -0.3 is 9.73 Å². The fourth-order valence-electron chi connectivity index (χ4n) is 2.87. The highest BCUT2D eigenvalue weighted by Gasteiger charge is 2.18. The predicted molar refractivity (Wildman–Crippen MR) is 122 cm³/mol. The Kier molecular flexibility index (Phi) is 6.39. The van der Waals surface area contributed by atoms with E-state index < -0.39 is 4.92 Å². The molecule has 0 fully saturated rings. The topological polar surface area (TPSA) is 111 Å². The summed E-state index contributed by atoms with van der Waals surface area (Å²) in [7, 11) is 0. The maximum absolute atomic E-state index is 12.3. The molecule has 0 aliphatic rings. The molecule has 4 rings (SSSR count). The summed E-state index contributed by atoms with van der Waals surface area (Å²) in [6.45, 7) is 0.374. The van der Waals surface area contributed by atoms with Crippen molar-refractivity contribution in [2.24, 2.45) is 0 Å². The first-order valence-electron chi connectivity index (χ1n) is 9.38. The standard InChI is InChI=1S/C22H15ClN4O4S/c23-17(12-15-10-11-19(31-15)16-8-4-5-9-18(16)27(29)30)21-25-26-22(32-21)20(28)24-13-14-6-2-1-3-7-14/h1-12H,13H2,(H,24,28)/b17-12-. The Labute approximate surface area is 191 Å². The molecule has 4 aromatic rings.